The number of nitrogens with zero attached hydrogens (tertiary/aromatic N) is 3. The summed E-state index contributed by atoms with van der Waals surface area (Å²) in [7, 11) is 3.12. The van der Waals surface area contributed by atoms with Gasteiger partial charge in [0, 0.05) is 43.7 Å². The van der Waals surface area contributed by atoms with Gasteiger partial charge >= 0.3 is 0 Å². The van der Waals surface area contributed by atoms with Crippen molar-refractivity contribution in [2.75, 3.05) is 14.1 Å². The highest BCUT2D eigenvalue weighted by atomic mass is 35.5. The van der Waals surface area contributed by atoms with Crippen LogP contribution in [0.2, 0.25) is 5.02 Å². The van der Waals surface area contributed by atoms with Crippen molar-refractivity contribution in [1.82, 2.24) is 19.8 Å². The summed E-state index contributed by atoms with van der Waals surface area (Å²) in [6, 6.07) is 14.1. The number of aromatic nitrogens is 2. The van der Waals surface area contributed by atoms with E-state index in [4.69, 9.17) is 11.6 Å². The summed E-state index contributed by atoms with van der Waals surface area (Å²) in [6.07, 6.45) is 2.38. The molecular weight excluding hydrogens is 543 g/mol. The fourth-order valence-electron chi connectivity index (χ4n) is 5.84. The number of halogens is 2. The molecule has 2 aromatic carbocycles. The van der Waals surface area contributed by atoms with E-state index in [1.165, 1.54) is 15.5 Å². The van der Waals surface area contributed by atoms with Gasteiger partial charge in [0.2, 0.25) is 0 Å². The lowest BCUT2D eigenvalue weighted by Gasteiger charge is -2.17. The van der Waals surface area contributed by atoms with Gasteiger partial charge in [-0.25, -0.2) is 4.39 Å². The van der Waals surface area contributed by atoms with E-state index in [9.17, 15) is 14.4 Å². The van der Waals surface area contributed by atoms with Crippen molar-refractivity contribution in [3.05, 3.63) is 115 Å². The lowest BCUT2D eigenvalue weighted by molar-refractivity contribution is 0.0822. The summed E-state index contributed by atoms with van der Waals surface area (Å²) in [5.41, 5.74) is 5.42. The Morgan fingerprint density at radius 2 is 1.80 bits per heavy atom. The number of pyridine rings is 2. The van der Waals surface area contributed by atoms with Gasteiger partial charge in [-0.2, -0.15) is 0 Å². The van der Waals surface area contributed by atoms with E-state index < -0.39 is 11.7 Å². The molecule has 1 aliphatic heterocycles. The molecule has 3 heterocycles. The van der Waals surface area contributed by atoms with Gasteiger partial charge in [-0.1, -0.05) is 35.9 Å². The standard InChI is InChI=1S/C32H28ClFN4O3/c1-16-14-35-25(20-9-6-10-21(29(20)34)31(40)37(3)4)13-26(16)38-17(2)11-24(28(33)32(38)41)23-12-22(23)19-8-5-7-18-15-36-30(39)27(18)19/h5-11,13-14,22-23H,12,15H2,1-4H3,(H,36,39)/t22-,23+/m1/s1. The van der Waals surface area contributed by atoms with Crippen LogP contribution in [0.15, 0.2) is 59.5 Å². The van der Waals surface area contributed by atoms with E-state index in [1.54, 1.807) is 38.5 Å². The summed E-state index contributed by atoms with van der Waals surface area (Å²) in [6.45, 7) is 4.19. The summed E-state index contributed by atoms with van der Waals surface area (Å²) in [4.78, 5) is 44.4. The van der Waals surface area contributed by atoms with Gasteiger partial charge in [-0.3, -0.25) is 23.9 Å². The van der Waals surface area contributed by atoms with Crippen molar-refractivity contribution in [3.63, 3.8) is 0 Å². The van der Waals surface area contributed by atoms with E-state index in [0.717, 1.165) is 28.7 Å². The molecule has 2 aliphatic rings. The molecule has 2 aromatic heterocycles. The number of carbonyl (C=O) groups excluding carboxylic acids is 2. The number of nitrogens with one attached hydrogen (secondary N) is 1. The Hall–Kier alpha value is -4.30. The Bertz CT molecular complexity index is 1830. The van der Waals surface area contributed by atoms with Crippen LogP contribution in [0.1, 0.15) is 66.9 Å². The van der Waals surface area contributed by atoms with Crippen LogP contribution in [0.5, 0.6) is 0 Å². The molecule has 0 radical (unpaired) electrons. The molecule has 2 amide bonds. The first kappa shape index (κ1) is 26.9. The molecule has 1 fully saturated rings. The molecule has 7 nitrogen and oxygen atoms in total. The highest BCUT2D eigenvalue weighted by Gasteiger charge is 2.44. The predicted octanol–water partition coefficient (Wildman–Crippen LogP) is 5.53. The third-order valence-electron chi connectivity index (χ3n) is 8.03. The first-order chi connectivity index (χ1) is 19.6. The largest absolute Gasteiger partial charge is 0.348 e. The molecule has 0 spiro atoms. The highest BCUT2D eigenvalue weighted by molar-refractivity contribution is 6.31. The molecule has 1 N–H and O–H groups in total. The average Bonchev–Trinajstić information content (AvgIpc) is 3.66. The number of hydrogen-bond acceptors (Lipinski definition) is 4. The Labute approximate surface area is 241 Å². The zero-order chi connectivity index (χ0) is 29.2. The number of hydrogen-bond donors (Lipinski definition) is 1. The second-order valence-electron chi connectivity index (χ2n) is 10.9. The van der Waals surface area contributed by atoms with Crippen LogP contribution in [0, 0.1) is 19.7 Å². The van der Waals surface area contributed by atoms with E-state index in [-0.39, 0.29) is 39.5 Å². The monoisotopic (exact) mass is 570 g/mol. The maximum atomic E-state index is 15.5. The average molecular weight is 571 g/mol. The number of amides is 2. The topological polar surface area (TPSA) is 84.3 Å². The molecule has 9 heteroatoms. The van der Waals surface area contributed by atoms with Crippen molar-refractivity contribution >= 4 is 23.4 Å². The van der Waals surface area contributed by atoms with Crippen LogP contribution in [-0.2, 0) is 6.54 Å². The van der Waals surface area contributed by atoms with Crippen molar-refractivity contribution < 1.29 is 14.0 Å². The van der Waals surface area contributed by atoms with Crippen molar-refractivity contribution in [2.45, 2.75) is 38.6 Å². The molecule has 208 valence electrons. The lowest BCUT2D eigenvalue weighted by atomic mass is 9.97. The number of fused-ring (bicyclic) bond motifs is 1. The van der Waals surface area contributed by atoms with E-state index in [2.05, 4.69) is 10.3 Å². The van der Waals surface area contributed by atoms with Gasteiger partial charge < -0.3 is 10.2 Å². The molecule has 4 aromatic rings. The van der Waals surface area contributed by atoms with Crippen LogP contribution in [0.4, 0.5) is 4.39 Å². The number of aryl methyl sites for hydroxylation is 2. The smallest absolute Gasteiger partial charge is 0.274 e. The molecule has 41 heavy (non-hydrogen) atoms. The van der Waals surface area contributed by atoms with Crippen LogP contribution >= 0.6 is 11.6 Å². The summed E-state index contributed by atoms with van der Waals surface area (Å²) >= 11 is 6.74. The minimum absolute atomic E-state index is 0.0311. The van der Waals surface area contributed by atoms with Crippen LogP contribution < -0.4 is 10.9 Å². The van der Waals surface area contributed by atoms with Crippen molar-refractivity contribution in [1.29, 1.82) is 0 Å². The zero-order valence-electron chi connectivity index (χ0n) is 23.1. The molecule has 6 rings (SSSR count). The van der Waals surface area contributed by atoms with Crippen LogP contribution in [-0.4, -0.2) is 40.4 Å². The van der Waals surface area contributed by atoms with Gasteiger partial charge in [0.1, 0.15) is 10.8 Å². The third kappa shape index (κ3) is 4.43. The maximum Gasteiger partial charge on any atom is 0.274 e. The summed E-state index contributed by atoms with van der Waals surface area (Å²) in [5.74, 6) is -1.05. The Balaban J connectivity index is 1.39. The fraction of sp³-hybridized carbons (Fsp3) is 0.250. The second-order valence-corrected chi connectivity index (χ2v) is 11.3. The van der Waals surface area contributed by atoms with E-state index in [0.29, 0.717) is 29.2 Å². The van der Waals surface area contributed by atoms with E-state index >= 15 is 4.39 Å². The van der Waals surface area contributed by atoms with Gasteiger partial charge in [0.25, 0.3) is 17.4 Å². The lowest BCUT2D eigenvalue weighted by Crippen LogP contribution is -2.23. The predicted molar refractivity (Wildman–Crippen MR) is 155 cm³/mol. The minimum atomic E-state index is -0.674. The summed E-state index contributed by atoms with van der Waals surface area (Å²) < 4.78 is 17.0. The molecule has 2 atom stereocenters. The fourth-order valence-corrected chi connectivity index (χ4v) is 6.12. The molecule has 1 saturated carbocycles. The minimum Gasteiger partial charge on any atom is -0.348 e. The first-order valence-corrected chi connectivity index (χ1v) is 13.8. The van der Waals surface area contributed by atoms with Gasteiger partial charge in [-0.05, 0) is 78.6 Å². The zero-order valence-corrected chi connectivity index (χ0v) is 23.8. The number of rotatable bonds is 5. The first-order valence-electron chi connectivity index (χ1n) is 13.4. The van der Waals surface area contributed by atoms with Crippen LogP contribution in [0.25, 0.3) is 16.9 Å². The van der Waals surface area contributed by atoms with Crippen LogP contribution in [0.3, 0.4) is 0 Å². The quantitative estimate of drug-likeness (QED) is 0.342. The number of benzene rings is 2. The van der Waals surface area contributed by atoms with Gasteiger partial charge in [0.05, 0.1) is 16.9 Å². The Morgan fingerprint density at radius 1 is 1.07 bits per heavy atom. The Morgan fingerprint density at radius 3 is 2.56 bits per heavy atom. The molecule has 0 bridgehead atoms. The van der Waals surface area contributed by atoms with Crippen molar-refractivity contribution in [2.24, 2.45) is 0 Å². The summed E-state index contributed by atoms with van der Waals surface area (Å²) in [5, 5.41) is 3.02. The van der Waals surface area contributed by atoms with Crippen molar-refractivity contribution in [3.8, 4) is 16.9 Å². The second kappa shape index (κ2) is 9.96. The maximum absolute atomic E-state index is 15.5. The van der Waals surface area contributed by atoms with Gasteiger partial charge in [0.15, 0.2) is 0 Å². The number of carbonyl (C=O) groups is 2. The Kier molecular flexibility index (Phi) is 6.53. The third-order valence-corrected chi connectivity index (χ3v) is 8.41. The highest BCUT2D eigenvalue weighted by Crippen LogP contribution is 2.57. The molecular formula is C32H28ClFN4O3. The van der Waals surface area contributed by atoms with Gasteiger partial charge in [-0.15, -0.1) is 0 Å². The SMILES string of the molecule is Cc1cnc(-c2cccc(C(=O)N(C)C)c2F)cc1-n1c(C)cc([C@H]2C[C@@H]2c2cccc3c2C(=O)NC3)c(Cl)c1=O. The molecule has 0 unspecified atom stereocenters. The molecule has 0 saturated heterocycles. The van der Waals surface area contributed by atoms with E-state index in [1.807, 2.05) is 38.1 Å². The molecule has 1 aliphatic carbocycles. The normalized spacial score (nSPS) is 17.3.